The van der Waals surface area contributed by atoms with Crippen molar-refractivity contribution in [3.8, 4) is 0 Å². The summed E-state index contributed by atoms with van der Waals surface area (Å²) in [5.41, 5.74) is -0.282. The largest absolute Gasteiger partial charge is 0.478 e. The maximum absolute atomic E-state index is 12.1. The van der Waals surface area contributed by atoms with Crippen molar-refractivity contribution < 1.29 is 22.7 Å². The molecule has 1 aliphatic rings. The number of nitrogens with one attached hydrogen (secondary N) is 1. The zero-order valence-corrected chi connectivity index (χ0v) is 11.0. The summed E-state index contributed by atoms with van der Waals surface area (Å²) in [6, 6.07) is 0. The minimum atomic E-state index is -3.83. The molecule has 2 N–H and O–H groups in total. The van der Waals surface area contributed by atoms with E-state index in [-0.39, 0.29) is 22.0 Å². The molecule has 1 aliphatic carbocycles. The molecule has 6 nitrogen and oxygen atoms in total. The molecule has 1 aromatic rings. The second kappa shape index (κ2) is 4.40. The zero-order valence-electron chi connectivity index (χ0n) is 10.2. The normalized spacial score (nSPS) is 15.9. The van der Waals surface area contributed by atoms with E-state index >= 15 is 0 Å². The summed E-state index contributed by atoms with van der Waals surface area (Å²) in [6.45, 7) is 3.24. The molecule has 1 aromatic heterocycles. The van der Waals surface area contributed by atoms with Crippen molar-refractivity contribution in [3.05, 3.63) is 17.1 Å². The van der Waals surface area contributed by atoms with Gasteiger partial charge in [0.1, 0.15) is 22.0 Å². The SMILES string of the molecule is Cc1oc(C)c(S(=O)(=O)NCC2CC2)c1C(=O)O. The van der Waals surface area contributed by atoms with Crippen LogP contribution in [0.3, 0.4) is 0 Å². The number of aromatic carboxylic acids is 1. The van der Waals surface area contributed by atoms with Gasteiger partial charge in [-0.25, -0.2) is 17.9 Å². The van der Waals surface area contributed by atoms with Crippen LogP contribution in [0.4, 0.5) is 0 Å². The number of furan rings is 1. The highest BCUT2D eigenvalue weighted by molar-refractivity contribution is 7.89. The number of carbonyl (C=O) groups is 1. The van der Waals surface area contributed by atoms with Crippen LogP contribution >= 0.6 is 0 Å². The van der Waals surface area contributed by atoms with E-state index in [1.54, 1.807) is 0 Å². The fourth-order valence-corrected chi connectivity index (χ4v) is 3.38. The van der Waals surface area contributed by atoms with Gasteiger partial charge >= 0.3 is 5.97 Å². The van der Waals surface area contributed by atoms with Crippen molar-refractivity contribution in [1.82, 2.24) is 4.72 Å². The Morgan fingerprint density at radius 2 is 2.00 bits per heavy atom. The van der Waals surface area contributed by atoms with Gasteiger partial charge in [-0.15, -0.1) is 0 Å². The zero-order chi connectivity index (χ0) is 13.5. The number of rotatable bonds is 5. The van der Waals surface area contributed by atoms with E-state index < -0.39 is 16.0 Å². The molecule has 0 radical (unpaired) electrons. The predicted molar refractivity (Wildman–Crippen MR) is 63.1 cm³/mol. The molecule has 7 heteroatoms. The van der Waals surface area contributed by atoms with E-state index in [1.807, 2.05) is 0 Å². The van der Waals surface area contributed by atoms with Crippen LogP contribution in [0, 0.1) is 19.8 Å². The van der Waals surface area contributed by atoms with Crippen molar-refractivity contribution in [2.24, 2.45) is 5.92 Å². The molecule has 0 bridgehead atoms. The Morgan fingerprint density at radius 1 is 1.39 bits per heavy atom. The Labute approximate surface area is 105 Å². The maximum atomic E-state index is 12.1. The first kappa shape index (κ1) is 13.1. The quantitative estimate of drug-likeness (QED) is 0.842. The van der Waals surface area contributed by atoms with Gasteiger partial charge in [0.25, 0.3) is 0 Å². The highest BCUT2D eigenvalue weighted by Gasteiger charge is 2.32. The number of carboxylic acid groups (broad SMARTS) is 1. The van der Waals surface area contributed by atoms with E-state index in [1.165, 1.54) is 13.8 Å². The fourth-order valence-electron chi connectivity index (χ4n) is 1.86. The Hall–Kier alpha value is -1.34. The van der Waals surface area contributed by atoms with Crippen molar-refractivity contribution in [1.29, 1.82) is 0 Å². The van der Waals surface area contributed by atoms with Crippen LogP contribution in [-0.2, 0) is 10.0 Å². The lowest BCUT2D eigenvalue weighted by Crippen LogP contribution is -2.27. The van der Waals surface area contributed by atoms with Gasteiger partial charge in [0.15, 0.2) is 0 Å². The molecule has 0 aromatic carbocycles. The molecule has 100 valence electrons. The summed E-state index contributed by atoms with van der Waals surface area (Å²) in [5.74, 6) is -0.711. The number of hydrogen-bond acceptors (Lipinski definition) is 4. The van der Waals surface area contributed by atoms with Crippen LogP contribution in [0.15, 0.2) is 9.31 Å². The average Bonchev–Trinajstić information content (AvgIpc) is 3.00. The second-order valence-corrected chi connectivity index (χ2v) is 6.22. The molecule has 0 spiro atoms. The monoisotopic (exact) mass is 273 g/mol. The molecule has 1 saturated carbocycles. The first-order chi connectivity index (χ1) is 8.33. The molecule has 1 fully saturated rings. The molecule has 0 saturated heterocycles. The minimum absolute atomic E-state index is 0.104. The summed E-state index contributed by atoms with van der Waals surface area (Å²) < 4.78 is 31.7. The van der Waals surface area contributed by atoms with Gasteiger partial charge in [0.2, 0.25) is 10.0 Å². The van der Waals surface area contributed by atoms with E-state index in [2.05, 4.69) is 4.72 Å². The lowest BCUT2D eigenvalue weighted by Gasteiger charge is -2.05. The van der Waals surface area contributed by atoms with Crippen molar-refractivity contribution in [2.45, 2.75) is 31.6 Å². The van der Waals surface area contributed by atoms with E-state index in [9.17, 15) is 13.2 Å². The van der Waals surface area contributed by atoms with Gasteiger partial charge in [0, 0.05) is 6.54 Å². The van der Waals surface area contributed by atoms with E-state index in [0.717, 1.165) is 12.8 Å². The first-order valence-corrected chi connectivity index (χ1v) is 7.14. The standard InChI is InChI=1S/C11H15NO5S/c1-6-9(11(13)14)10(7(2)17-6)18(15,16)12-5-8-3-4-8/h8,12H,3-5H2,1-2H3,(H,13,14). The van der Waals surface area contributed by atoms with Crippen LogP contribution in [0.5, 0.6) is 0 Å². The Kier molecular flexibility index (Phi) is 3.20. The summed E-state index contributed by atoms with van der Waals surface area (Å²) in [6.07, 6.45) is 2.02. The van der Waals surface area contributed by atoms with Crippen LogP contribution in [0.25, 0.3) is 0 Å². The summed E-state index contributed by atoms with van der Waals surface area (Å²) in [5, 5.41) is 9.06. The van der Waals surface area contributed by atoms with Crippen LogP contribution in [0.2, 0.25) is 0 Å². The smallest absolute Gasteiger partial charge is 0.340 e. The highest BCUT2D eigenvalue weighted by atomic mass is 32.2. The molecule has 0 amide bonds. The number of carboxylic acids is 1. The molecule has 0 atom stereocenters. The molecule has 18 heavy (non-hydrogen) atoms. The minimum Gasteiger partial charge on any atom is -0.478 e. The van der Waals surface area contributed by atoms with Gasteiger partial charge in [-0.2, -0.15) is 0 Å². The van der Waals surface area contributed by atoms with Gasteiger partial charge in [-0.05, 0) is 32.6 Å². The third kappa shape index (κ3) is 2.41. The van der Waals surface area contributed by atoms with E-state index in [0.29, 0.717) is 12.5 Å². The molecule has 2 rings (SSSR count). The fraction of sp³-hybridized carbons (Fsp3) is 0.545. The Morgan fingerprint density at radius 3 is 2.50 bits per heavy atom. The highest BCUT2D eigenvalue weighted by Crippen LogP contribution is 2.30. The van der Waals surface area contributed by atoms with Crippen molar-refractivity contribution >= 4 is 16.0 Å². The Balaban J connectivity index is 2.38. The van der Waals surface area contributed by atoms with Crippen molar-refractivity contribution in [2.75, 3.05) is 6.54 Å². The van der Waals surface area contributed by atoms with Crippen molar-refractivity contribution in [3.63, 3.8) is 0 Å². The Bertz CT molecular complexity index is 583. The molecule has 0 aliphatic heterocycles. The first-order valence-electron chi connectivity index (χ1n) is 5.66. The maximum Gasteiger partial charge on any atom is 0.340 e. The van der Waals surface area contributed by atoms with Gasteiger partial charge < -0.3 is 9.52 Å². The van der Waals surface area contributed by atoms with Gasteiger partial charge in [-0.1, -0.05) is 0 Å². The van der Waals surface area contributed by atoms with Gasteiger partial charge in [-0.3, -0.25) is 0 Å². The summed E-state index contributed by atoms with van der Waals surface area (Å²) >= 11 is 0. The summed E-state index contributed by atoms with van der Waals surface area (Å²) in [4.78, 5) is 10.8. The third-order valence-electron chi connectivity index (χ3n) is 2.95. The number of sulfonamides is 1. The number of hydrogen-bond donors (Lipinski definition) is 2. The second-order valence-electron chi connectivity index (χ2n) is 4.52. The van der Waals surface area contributed by atoms with Crippen LogP contribution < -0.4 is 4.72 Å². The van der Waals surface area contributed by atoms with Crippen LogP contribution in [0.1, 0.15) is 34.7 Å². The van der Waals surface area contributed by atoms with E-state index in [4.69, 9.17) is 9.52 Å². The van der Waals surface area contributed by atoms with Gasteiger partial charge in [0.05, 0.1) is 0 Å². The molecule has 1 heterocycles. The summed E-state index contributed by atoms with van der Waals surface area (Å²) in [7, 11) is -3.83. The number of aryl methyl sites for hydroxylation is 2. The topological polar surface area (TPSA) is 96.6 Å². The molecule has 0 unspecified atom stereocenters. The molecular formula is C11H15NO5S. The molecular weight excluding hydrogens is 258 g/mol. The average molecular weight is 273 g/mol. The lowest BCUT2D eigenvalue weighted by atomic mass is 10.2. The predicted octanol–water partition coefficient (Wildman–Crippen LogP) is 1.28. The van der Waals surface area contributed by atoms with Crippen LogP contribution in [-0.4, -0.2) is 26.0 Å². The lowest BCUT2D eigenvalue weighted by molar-refractivity contribution is 0.0691. The third-order valence-corrected chi connectivity index (χ3v) is 4.52.